The van der Waals surface area contributed by atoms with Crippen LogP contribution in [0.4, 0.5) is 0 Å². The van der Waals surface area contributed by atoms with Gasteiger partial charge in [-0.2, -0.15) is 0 Å². The zero-order chi connectivity index (χ0) is 27.7. The number of nitrogens with zero attached hydrogens (tertiary/aromatic N) is 1. The molecule has 0 spiro atoms. The van der Waals surface area contributed by atoms with Crippen LogP contribution in [0.15, 0.2) is 12.2 Å². The minimum absolute atomic E-state index is 0.0109. The summed E-state index contributed by atoms with van der Waals surface area (Å²) in [5.41, 5.74) is 1.39. The molecule has 2 bridgehead atoms. The number of fused-ring (bicyclic) bond motifs is 5. The number of aromatic hydroxyl groups is 2. The normalized spacial score (nSPS) is 29.0. The first-order chi connectivity index (χ1) is 18.0. The molecule has 2 heterocycles. The number of hydrogen-bond donors (Lipinski definition) is 2. The van der Waals surface area contributed by atoms with E-state index in [2.05, 4.69) is 0 Å². The van der Waals surface area contributed by atoms with Gasteiger partial charge in [-0.1, -0.05) is 12.2 Å². The molecule has 1 saturated heterocycles. The van der Waals surface area contributed by atoms with Crippen molar-refractivity contribution in [1.82, 2.24) is 4.57 Å². The summed E-state index contributed by atoms with van der Waals surface area (Å²) in [7, 11) is 0. The molecule has 1 aliphatic heterocycles. The number of carbonyl (C=O) groups is 4. The maximum atomic E-state index is 11.9. The molecule has 2 aliphatic carbocycles. The topological polar surface area (TPSA) is 169 Å². The van der Waals surface area contributed by atoms with Crippen LogP contribution in [0.25, 0.3) is 0 Å². The second kappa shape index (κ2) is 11.0. The van der Waals surface area contributed by atoms with E-state index >= 15 is 0 Å². The zero-order valence-corrected chi connectivity index (χ0v) is 21.4. The molecule has 4 unspecified atom stereocenters. The van der Waals surface area contributed by atoms with Crippen molar-refractivity contribution in [2.24, 2.45) is 0 Å². The van der Waals surface area contributed by atoms with E-state index in [4.69, 9.17) is 28.4 Å². The first-order valence-electron chi connectivity index (χ1n) is 12.2. The molecule has 1 aromatic heterocycles. The lowest BCUT2D eigenvalue weighted by atomic mass is 9.98. The standard InChI is InChI=1S/C25H31NO12/c1-11(27)34-10-17-20(35-12(2)28)21(36-13(3)29)22(37-14(4)30)25(38-17)33-8-7-26-23(31)18-15-5-6-16(9-15)19(18)24(26)32/h5-6,15-17,20-22,25,31-32H,7-10H2,1-4H3/t15?,16?,17?,20-,21+,22?,25-/m1/s1. The maximum absolute atomic E-state index is 11.9. The molecule has 4 rings (SSSR count). The molecule has 2 N–H and O–H groups in total. The SMILES string of the molecule is CC(=O)OCC1O[C@@H](OCCn2c(O)c3c(c2O)C2C=CC3C2)C(OC(C)=O)[C@@H](OC(C)=O)[C@@H]1OC(C)=O. The molecule has 0 radical (unpaired) electrons. The number of carbonyl (C=O) groups excluding carboxylic acids is 4. The number of aromatic nitrogens is 1. The molecule has 38 heavy (non-hydrogen) atoms. The quantitative estimate of drug-likeness (QED) is 0.262. The van der Waals surface area contributed by atoms with Crippen LogP contribution in [0.3, 0.4) is 0 Å². The maximum Gasteiger partial charge on any atom is 0.303 e. The second-order valence-corrected chi connectivity index (χ2v) is 9.40. The summed E-state index contributed by atoms with van der Waals surface area (Å²) >= 11 is 0. The average molecular weight is 538 g/mol. The predicted molar refractivity (Wildman–Crippen MR) is 125 cm³/mol. The molecule has 0 amide bonds. The van der Waals surface area contributed by atoms with Crippen molar-refractivity contribution in [2.75, 3.05) is 13.2 Å². The third kappa shape index (κ3) is 5.48. The Hall–Kier alpha value is -3.58. The van der Waals surface area contributed by atoms with Crippen LogP contribution in [-0.2, 0) is 54.1 Å². The van der Waals surface area contributed by atoms with E-state index < -0.39 is 54.6 Å². The fourth-order valence-corrected chi connectivity index (χ4v) is 5.29. The van der Waals surface area contributed by atoms with Crippen molar-refractivity contribution in [3.05, 3.63) is 23.3 Å². The molecule has 1 fully saturated rings. The lowest BCUT2D eigenvalue weighted by molar-refractivity contribution is -0.308. The molecular formula is C25H31NO12. The Kier molecular flexibility index (Phi) is 7.97. The molecule has 0 aromatic carbocycles. The third-order valence-electron chi connectivity index (χ3n) is 6.65. The Morgan fingerprint density at radius 1 is 0.842 bits per heavy atom. The Morgan fingerprint density at radius 3 is 1.89 bits per heavy atom. The average Bonchev–Trinajstić information content (AvgIpc) is 3.50. The molecular weight excluding hydrogens is 506 g/mol. The Morgan fingerprint density at radius 2 is 1.37 bits per heavy atom. The lowest BCUT2D eigenvalue weighted by Gasteiger charge is -2.44. The van der Waals surface area contributed by atoms with Crippen LogP contribution < -0.4 is 0 Å². The summed E-state index contributed by atoms with van der Waals surface area (Å²) in [5, 5.41) is 21.5. The Labute approximate surface area is 218 Å². The van der Waals surface area contributed by atoms with E-state index in [1.165, 1.54) is 11.5 Å². The van der Waals surface area contributed by atoms with Crippen LogP contribution in [0.2, 0.25) is 0 Å². The van der Waals surface area contributed by atoms with Crippen molar-refractivity contribution in [3.8, 4) is 11.8 Å². The highest BCUT2D eigenvalue weighted by Gasteiger charge is 2.53. The monoisotopic (exact) mass is 537 g/mol. The lowest BCUT2D eigenvalue weighted by Crippen LogP contribution is -2.63. The van der Waals surface area contributed by atoms with Gasteiger partial charge in [-0.05, 0) is 6.42 Å². The van der Waals surface area contributed by atoms with Gasteiger partial charge in [0.25, 0.3) is 0 Å². The van der Waals surface area contributed by atoms with Gasteiger partial charge in [0.1, 0.15) is 12.7 Å². The third-order valence-corrected chi connectivity index (χ3v) is 6.65. The largest absolute Gasteiger partial charge is 0.494 e. The van der Waals surface area contributed by atoms with E-state index in [0.717, 1.165) is 27.2 Å². The fourth-order valence-electron chi connectivity index (χ4n) is 5.29. The molecule has 13 heteroatoms. The minimum Gasteiger partial charge on any atom is -0.494 e. The van der Waals surface area contributed by atoms with Gasteiger partial charge < -0.3 is 38.6 Å². The van der Waals surface area contributed by atoms with Crippen molar-refractivity contribution in [1.29, 1.82) is 0 Å². The van der Waals surface area contributed by atoms with E-state index in [-0.39, 0.29) is 43.4 Å². The zero-order valence-electron chi connectivity index (χ0n) is 21.4. The van der Waals surface area contributed by atoms with Gasteiger partial charge in [-0.3, -0.25) is 23.7 Å². The first kappa shape index (κ1) is 27.5. The minimum atomic E-state index is -1.36. The first-order valence-corrected chi connectivity index (χ1v) is 12.2. The highest BCUT2D eigenvalue weighted by Crippen LogP contribution is 2.56. The van der Waals surface area contributed by atoms with Crippen LogP contribution in [0.1, 0.15) is 57.1 Å². The van der Waals surface area contributed by atoms with E-state index in [0.29, 0.717) is 11.1 Å². The smallest absolute Gasteiger partial charge is 0.303 e. The highest BCUT2D eigenvalue weighted by molar-refractivity contribution is 5.68. The van der Waals surface area contributed by atoms with E-state index in [1.807, 2.05) is 12.2 Å². The molecule has 208 valence electrons. The number of rotatable bonds is 9. The van der Waals surface area contributed by atoms with Gasteiger partial charge >= 0.3 is 23.9 Å². The molecule has 13 nitrogen and oxygen atoms in total. The summed E-state index contributed by atoms with van der Waals surface area (Å²) in [5.74, 6) is -2.89. The summed E-state index contributed by atoms with van der Waals surface area (Å²) in [6.07, 6.45) is -1.65. The van der Waals surface area contributed by atoms with Gasteiger partial charge in [-0.25, -0.2) is 0 Å². The number of allylic oxidation sites excluding steroid dienone is 2. The van der Waals surface area contributed by atoms with Gasteiger partial charge in [0.15, 0.2) is 36.4 Å². The van der Waals surface area contributed by atoms with Gasteiger partial charge in [0.05, 0.1) is 13.2 Å². The van der Waals surface area contributed by atoms with Gasteiger partial charge in [0, 0.05) is 50.7 Å². The number of hydrogen-bond acceptors (Lipinski definition) is 12. The highest BCUT2D eigenvalue weighted by atomic mass is 16.7. The fraction of sp³-hybridized carbons (Fsp3) is 0.600. The molecule has 7 atom stereocenters. The molecule has 1 aromatic rings. The Balaban J connectivity index is 1.55. The van der Waals surface area contributed by atoms with Crippen molar-refractivity contribution < 1.29 is 57.8 Å². The Bertz CT molecular complexity index is 1100. The van der Waals surface area contributed by atoms with Crippen LogP contribution in [-0.4, -0.2) is 82.6 Å². The second-order valence-electron chi connectivity index (χ2n) is 9.40. The van der Waals surface area contributed by atoms with Crippen molar-refractivity contribution in [3.63, 3.8) is 0 Å². The van der Waals surface area contributed by atoms with Crippen molar-refractivity contribution >= 4 is 23.9 Å². The molecule has 3 aliphatic rings. The summed E-state index contributed by atoms with van der Waals surface area (Å²) in [6, 6.07) is 0. The number of esters is 4. The molecule has 0 saturated carbocycles. The summed E-state index contributed by atoms with van der Waals surface area (Å²) in [4.78, 5) is 47.1. The van der Waals surface area contributed by atoms with Gasteiger partial charge in [0.2, 0.25) is 0 Å². The van der Waals surface area contributed by atoms with Crippen LogP contribution >= 0.6 is 0 Å². The summed E-state index contributed by atoms with van der Waals surface area (Å²) in [6.45, 7) is 4.07. The van der Waals surface area contributed by atoms with Crippen molar-refractivity contribution in [2.45, 2.75) is 83.2 Å². The van der Waals surface area contributed by atoms with Gasteiger partial charge in [-0.15, -0.1) is 0 Å². The number of ether oxygens (including phenoxy) is 6. The summed E-state index contributed by atoms with van der Waals surface area (Å²) < 4.78 is 34.2. The van der Waals surface area contributed by atoms with E-state index in [9.17, 15) is 29.4 Å². The van der Waals surface area contributed by atoms with E-state index in [1.54, 1.807) is 0 Å². The van der Waals surface area contributed by atoms with Crippen LogP contribution in [0, 0.1) is 0 Å². The predicted octanol–water partition coefficient (Wildman–Crippen LogP) is 1.14. The van der Waals surface area contributed by atoms with Crippen LogP contribution in [0.5, 0.6) is 11.8 Å².